The minimum absolute atomic E-state index is 0.723. The Kier molecular flexibility index (Phi) is 2.31. The summed E-state index contributed by atoms with van der Waals surface area (Å²) in [5.74, 6) is 0. The van der Waals surface area contributed by atoms with E-state index in [9.17, 15) is 4.79 Å². The van der Waals surface area contributed by atoms with Crippen LogP contribution in [0.25, 0.3) is 6.08 Å². The van der Waals surface area contributed by atoms with Crippen molar-refractivity contribution in [2.24, 2.45) is 0 Å². The van der Waals surface area contributed by atoms with Gasteiger partial charge in [-0.2, -0.15) is 10.2 Å². The summed E-state index contributed by atoms with van der Waals surface area (Å²) in [6, 6.07) is 1.77. The van der Waals surface area contributed by atoms with Gasteiger partial charge in [-0.15, -0.1) is 0 Å². The van der Waals surface area contributed by atoms with Gasteiger partial charge in [0.15, 0.2) is 0 Å². The topological polar surface area (TPSA) is 42.9 Å². The van der Waals surface area contributed by atoms with Crippen molar-refractivity contribution in [3.63, 3.8) is 0 Å². The Labute approximate surface area is 58.4 Å². The number of hydrogen-bond donors (Lipinski definition) is 0. The summed E-state index contributed by atoms with van der Waals surface area (Å²) < 4.78 is 0. The minimum atomic E-state index is 0.723. The fourth-order valence-electron chi connectivity index (χ4n) is 0.550. The van der Waals surface area contributed by atoms with Crippen molar-refractivity contribution >= 4 is 12.4 Å². The molecule has 0 unspecified atom stereocenters. The zero-order valence-electron chi connectivity index (χ0n) is 5.27. The second-order valence-electron chi connectivity index (χ2n) is 1.67. The lowest BCUT2D eigenvalue weighted by molar-refractivity contribution is -0.104. The number of carbonyl (C=O) groups is 1. The maximum atomic E-state index is 9.86. The highest BCUT2D eigenvalue weighted by atomic mass is 16.1. The fraction of sp³-hybridized carbons (Fsp3) is 0. The normalized spacial score (nSPS) is 10.0. The first-order chi connectivity index (χ1) is 4.93. The van der Waals surface area contributed by atoms with E-state index in [4.69, 9.17) is 0 Å². The molecule has 1 rings (SSSR count). The Morgan fingerprint density at radius 1 is 1.40 bits per heavy atom. The zero-order valence-corrected chi connectivity index (χ0v) is 5.27. The highest BCUT2D eigenvalue weighted by Gasteiger charge is 1.81. The Hall–Kier alpha value is -1.51. The van der Waals surface area contributed by atoms with Crippen LogP contribution in [0.1, 0.15) is 5.56 Å². The number of allylic oxidation sites excluding steroid dienone is 1. The van der Waals surface area contributed by atoms with Gasteiger partial charge in [0.1, 0.15) is 6.29 Å². The van der Waals surface area contributed by atoms with Crippen LogP contribution < -0.4 is 0 Å². The standard InChI is InChI=1S/C7H6N2O/c10-5-1-2-7-3-4-8-9-6-7/h1-6H/b2-1+. The van der Waals surface area contributed by atoms with Gasteiger partial charge in [-0.3, -0.25) is 4.79 Å². The number of aldehydes is 1. The second-order valence-corrected chi connectivity index (χ2v) is 1.67. The van der Waals surface area contributed by atoms with Crippen LogP contribution in [0.3, 0.4) is 0 Å². The molecule has 0 spiro atoms. The van der Waals surface area contributed by atoms with Crippen LogP contribution in [0.2, 0.25) is 0 Å². The van der Waals surface area contributed by atoms with Crippen molar-refractivity contribution in [1.82, 2.24) is 10.2 Å². The molecule has 0 atom stereocenters. The van der Waals surface area contributed by atoms with Gasteiger partial charge in [0.05, 0.1) is 12.4 Å². The molecule has 3 nitrogen and oxygen atoms in total. The number of nitrogens with zero attached hydrogens (tertiary/aromatic N) is 2. The molecule has 1 aromatic rings. The number of carbonyl (C=O) groups excluding carboxylic acids is 1. The van der Waals surface area contributed by atoms with E-state index in [0.717, 1.165) is 11.8 Å². The summed E-state index contributed by atoms with van der Waals surface area (Å²) in [7, 11) is 0. The quantitative estimate of drug-likeness (QED) is 0.441. The van der Waals surface area contributed by atoms with E-state index in [1.807, 2.05) is 0 Å². The summed E-state index contributed by atoms with van der Waals surface area (Å²) in [5, 5.41) is 7.20. The van der Waals surface area contributed by atoms with E-state index < -0.39 is 0 Å². The molecule has 0 saturated carbocycles. The van der Waals surface area contributed by atoms with Crippen molar-refractivity contribution in [2.75, 3.05) is 0 Å². The summed E-state index contributed by atoms with van der Waals surface area (Å²) in [4.78, 5) is 9.86. The smallest absolute Gasteiger partial charge is 0.142 e. The average molecular weight is 134 g/mol. The fourth-order valence-corrected chi connectivity index (χ4v) is 0.550. The van der Waals surface area contributed by atoms with Gasteiger partial charge in [-0.1, -0.05) is 6.08 Å². The molecule has 50 valence electrons. The Bertz CT molecular complexity index is 231. The van der Waals surface area contributed by atoms with E-state index in [1.54, 1.807) is 24.5 Å². The maximum Gasteiger partial charge on any atom is 0.142 e. The van der Waals surface area contributed by atoms with Crippen LogP contribution in [0.15, 0.2) is 24.5 Å². The lowest BCUT2D eigenvalue weighted by Gasteiger charge is -1.85. The largest absolute Gasteiger partial charge is 0.299 e. The predicted molar refractivity (Wildman–Crippen MR) is 37.1 cm³/mol. The monoisotopic (exact) mass is 134 g/mol. The number of hydrogen-bond acceptors (Lipinski definition) is 3. The molecule has 10 heavy (non-hydrogen) atoms. The molecule has 0 fully saturated rings. The molecule has 0 amide bonds. The average Bonchev–Trinajstić information content (AvgIpc) is 2.03. The molecule has 3 heteroatoms. The van der Waals surface area contributed by atoms with Crippen LogP contribution in [-0.2, 0) is 4.79 Å². The molecule has 0 radical (unpaired) electrons. The molecular formula is C7H6N2O. The van der Waals surface area contributed by atoms with Crippen molar-refractivity contribution in [3.05, 3.63) is 30.1 Å². The Morgan fingerprint density at radius 2 is 2.30 bits per heavy atom. The predicted octanol–water partition coefficient (Wildman–Crippen LogP) is 0.689. The third-order valence-corrected chi connectivity index (χ3v) is 0.974. The van der Waals surface area contributed by atoms with E-state index in [1.165, 1.54) is 6.08 Å². The van der Waals surface area contributed by atoms with Gasteiger partial charge in [0, 0.05) is 0 Å². The Morgan fingerprint density at radius 3 is 2.90 bits per heavy atom. The van der Waals surface area contributed by atoms with Crippen molar-refractivity contribution < 1.29 is 4.79 Å². The van der Waals surface area contributed by atoms with Gasteiger partial charge in [0.2, 0.25) is 0 Å². The van der Waals surface area contributed by atoms with Crippen molar-refractivity contribution in [2.45, 2.75) is 0 Å². The van der Waals surface area contributed by atoms with Crippen LogP contribution in [0, 0.1) is 0 Å². The molecule has 1 heterocycles. The Balaban J connectivity index is 2.76. The summed E-state index contributed by atoms with van der Waals surface area (Å²) in [6.07, 6.45) is 6.96. The molecule has 0 N–H and O–H groups in total. The van der Waals surface area contributed by atoms with Gasteiger partial charge in [-0.25, -0.2) is 0 Å². The molecule has 0 aliphatic rings. The molecular weight excluding hydrogens is 128 g/mol. The van der Waals surface area contributed by atoms with E-state index >= 15 is 0 Å². The van der Waals surface area contributed by atoms with Gasteiger partial charge < -0.3 is 0 Å². The maximum absolute atomic E-state index is 9.86. The first kappa shape index (κ1) is 6.61. The first-order valence-corrected chi connectivity index (χ1v) is 2.82. The SMILES string of the molecule is O=C/C=C/c1ccnnc1. The molecule has 0 saturated heterocycles. The number of aromatic nitrogens is 2. The first-order valence-electron chi connectivity index (χ1n) is 2.82. The van der Waals surface area contributed by atoms with Gasteiger partial charge >= 0.3 is 0 Å². The lowest BCUT2D eigenvalue weighted by Crippen LogP contribution is -1.78. The zero-order chi connectivity index (χ0) is 7.23. The molecule has 0 aliphatic carbocycles. The van der Waals surface area contributed by atoms with E-state index in [-0.39, 0.29) is 0 Å². The van der Waals surface area contributed by atoms with Crippen molar-refractivity contribution in [1.29, 1.82) is 0 Å². The summed E-state index contributed by atoms with van der Waals surface area (Å²) in [5.41, 5.74) is 0.877. The molecule has 0 aliphatic heterocycles. The van der Waals surface area contributed by atoms with Gasteiger partial charge in [0.25, 0.3) is 0 Å². The van der Waals surface area contributed by atoms with E-state index in [2.05, 4.69) is 10.2 Å². The van der Waals surface area contributed by atoms with Gasteiger partial charge in [-0.05, 0) is 17.7 Å². The summed E-state index contributed by atoms with van der Waals surface area (Å²) in [6.45, 7) is 0. The van der Waals surface area contributed by atoms with E-state index in [0.29, 0.717) is 0 Å². The number of rotatable bonds is 2. The summed E-state index contributed by atoms with van der Waals surface area (Å²) >= 11 is 0. The van der Waals surface area contributed by atoms with Crippen molar-refractivity contribution in [3.8, 4) is 0 Å². The molecule has 0 aromatic carbocycles. The van der Waals surface area contributed by atoms with Crippen LogP contribution >= 0.6 is 0 Å². The lowest BCUT2D eigenvalue weighted by atomic mass is 10.3. The highest BCUT2D eigenvalue weighted by molar-refractivity contribution is 5.73. The third-order valence-electron chi connectivity index (χ3n) is 0.974. The van der Waals surface area contributed by atoms with Crippen LogP contribution in [-0.4, -0.2) is 16.5 Å². The highest BCUT2D eigenvalue weighted by Crippen LogP contribution is 1.94. The molecule has 0 bridgehead atoms. The third kappa shape index (κ3) is 1.78. The molecule has 1 aromatic heterocycles. The second kappa shape index (κ2) is 3.50. The van der Waals surface area contributed by atoms with Crippen LogP contribution in [0.4, 0.5) is 0 Å². The minimum Gasteiger partial charge on any atom is -0.299 e. The van der Waals surface area contributed by atoms with Crippen LogP contribution in [0.5, 0.6) is 0 Å².